The van der Waals surface area contributed by atoms with Gasteiger partial charge in [-0.2, -0.15) is 13.2 Å². The molecule has 2 aliphatic heterocycles. The van der Waals surface area contributed by atoms with Crippen LogP contribution in [0.15, 0.2) is 18.2 Å². The molecule has 1 unspecified atom stereocenters. The number of alkyl halides is 3. The normalized spacial score (nSPS) is 16.8. The molecular weight excluding hydrogens is 509 g/mol. The van der Waals surface area contributed by atoms with E-state index in [9.17, 15) is 41.9 Å². The number of nitrogens with zero attached hydrogens (tertiary/aromatic N) is 1. The highest BCUT2D eigenvalue weighted by atomic mass is 19.4. The summed E-state index contributed by atoms with van der Waals surface area (Å²) in [5.74, 6) is -6.57. The number of hydrogen-bond acceptors (Lipinski definition) is 8. The summed E-state index contributed by atoms with van der Waals surface area (Å²) in [6.45, 7) is 0.00380. The average molecular weight is 530 g/mol. The van der Waals surface area contributed by atoms with Gasteiger partial charge in [-0.05, 0) is 25.0 Å². The van der Waals surface area contributed by atoms with Crippen molar-refractivity contribution in [2.45, 2.75) is 37.9 Å². The molecule has 0 aromatic heterocycles. The SMILES string of the molecule is O=C(O)C(F)(F)F.O=C(O)CCCNC(=O)CNc1cccc2c1C(=O)N(C1CCC(=O)NC1=O)C2=O. The van der Waals surface area contributed by atoms with Crippen LogP contribution in [0.5, 0.6) is 0 Å². The van der Waals surface area contributed by atoms with Crippen LogP contribution in [0.2, 0.25) is 0 Å². The van der Waals surface area contributed by atoms with Crippen LogP contribution in [0.25, 0.3) is 0 Å². The molecule has 1 saturated heterocycles. The van der Waals surface area contributed by atoms with Crippen molar-refractivity contribution in [3.8, 4) is 0 Å². The second-order valence-corrected chi connectivity index (χ2v) is 7.68. The lowest BCUT2D eigenvalue weighted by Crippen LogP contribution is -2.54. The topological polar surface area (TPSA) is 199 Å². The fraction of sp³-hybridized carbons (Fsp3) is 0.381. The largest absolute Gasteiger partial charge is 0.490 e. The summed E-state index contributed by atoms with van der Waals surface area (Å²) in [5.41, 5.74) is 0.434. The molecule has 16 heteroatoms. The highest BCUT2D eigenvalue weighted by Crippen LogP contribution is 2.32. The van der Waals surface area contributed by atoms with Gasteiger partial charge >= 0.3 is 18.1 Å². The Balaban J connectivity index is 0.000000604. The number of anilines is 1. The third kappa shape index (κ3) is 7.49. The van der Waals surface area contributed by atoms with Crippen molar-refractivity contribution < 1.29 is 56.9 Å². The van der Waals surface area contributed by atoms with Gasteiger partial charge in [-0.25, -0.2) is 4.79 Å². The van der Waals surface area contributed by atoms with Crippen molar-refractivity contribution in [3.05, 3.63) is 29.3 Å². The van der Waals surface area contributed by atoms with Crippen LogP contribution in [0, 0.1) is 0 Å². The van der Waals surface area contributed by atoms with Crippen LogP contribution < -0.4 is 16.0 Å². The van der Waals surface area contributed by atoms with Crippen LogP contribution in [0.4, 0.5) is 18.9 Å². The zero-order chi connectivity index (χ0) is 27.9. The van der Waals surface area contributed by atoms with Crippen LogP contribution in [-0.2, 0) is 24.0 Å². The van der Waals surface area contributed by atoms with Gasteiger partial charge in [0.25, 0.3) is 11.8 Å². The van der Waals surface area contributed by atoms with E-state index in [1.54, 1.807) is 6.07 Å². The maximum Gasteiger partial charge on any atom is 0.490 e. The number of rotatable bonds is 8. The van der Waals surface area contributed by atoms with Crippen LogP contribution in [-0.4, -0.2) is 81.9 Å². The Kier molecular flexibility index (Phi) is 9.29. The summed E-state index contributed by atoms with van der Waals surface area (Å²) >= 11 is 0. The number of carbonyl (C=O) groups excluding carboxylic acids is 5. The van der Waals surface area contributed by atoms with E-state index in [-0.39, 0.29) is 55.6 Å². The first kappa shape index (κ1) is 28.7. The molecule has 1 aromatic rings. The van der Waals surface area contributed by atoms with Gasteiger partial charge in [0.05, 0.1) is 17.7 Å². The van der Waals surface area contributed by atoms with Crippen molar-refractivity contribution >= 4 is 47.2 Å². The first-order valence-corrected chi connectivity index (χ1v) is 10.6. The van der Waals surface area contributed by atoms with Gasteiger partial charge in [-0.3, -0.25) is 39.0 Å². The Morgan fingerprint density at radius 1 is 1.08 bits per heavy atom. The van der Waals surface area contributed by atoms with Crippen molar-refractivity contribution in [2.75, 3.05) is 18.4 Å². The van der Waals surface area contributed by atoms with Crippen LogP contribution >= 0.6 is 0 Å². The molecule has 0 spiro atoms. The van der Waals surface area contributed by atoms with Gasteiger partial charge in [-0.1, -0.05) is 6.07 Å². The van der Waals surface area contributed by atoms with E-state index in [1.165, 1.54) is 12.1 Å². The van der Waals surface area contributed by atoms with E-state index in [0.717, 1.165) is 4.90 Å². The van der Waals surface area contributed by atoms with E-state index in [0.29, 0.717) is 0 Å². The number of carboxylic acids is 2. The number of benzene rings is 1. The van der Waals surface area contributed by atoms with Crippen molar-refractivity contribution in [1.82, 2.24) is 15.5 Å². The average Bonchev–Trinajstić information content (AvgIpc) is 3.06. The van der Waals surface area contributed by atoms with Gasteiger partial charge in [-0.15, -0.1) is 0 Å². The predicted octanol–water partition coefficient (Wildman–Crippen LogP) is 0.114. The number of carboxylic acid groups (broad SMARTS) is 2. The first-order chi connectivity index (χ1) is 17.2. The number of hydrogen-bond donors (Lipinski definition) is 5. The fourth-order valence-corrected chi connectivity index (χ4v) is 3.37. The quantitative estimate of drug-likeness (QED) is 0.227. The van der Waals surface area contributed by atoms with Crippen molar-refractivity contribution in [2.24, 2.45) is 0 Å². The van der Waals surface area contributed by atoms with Crippen molar-refractivity contribution in [1.29, 1.82) is 0 Å². The third-order valence-corrected chi connectivity index (χ3v) is 5.04. The Hall–Kier alpha value is -4.50. The number of imide groups is 2. The Morgan fingerprint density at radius 3 is 2.30 bits per heavy atom. The highest BCUT2D eigenvalue weighted by molar-refractivity contribution is 6.25. The molecule has 0 saturated carbocycles. The minimum Gasteiger partial charge on any atom is -0.481 e. The molecular formula is C21H21F3N4O9. The van der Waals surface area contributed by atoms with Gasteiger partial charge in [0.2, 0.25) is 17.7 Å². The summed E-state index contributed by atoms with van der Waals surface area (Å²) in [7, 11) is 0. The molecule has 5 N–H and O–H groups in total. The third-order valence-electron chi connectivity index (χ3n) is 5.04. The molecule has 2 heterocycles. The number of fused-ring (bicyclic) bond motifs is 1. The second-order valence-electron chi connectivity index (χ2n) is 7.68. The summed E-state index contributed by atoms with van der Waals surface area (Å²) in [6, 6.07) is 3.47. The predicted molar refractivity (Wildman–Crippen MR) is 115 cm³/mol. The first-order valence-electron chi connectivity index (χ1n) is 10.6. The molecule has 3 rings (SSSR count). The molecule has 200 valence electrons. The maximum absolute atomic E-state index is 12.9. The molecule has 5 amide bonds. The van der Waals surface area contributed by atoms with Crippen molar-refractivity contribution in [3.63, 3.8) is 0 Å². The summed E-state index contributed by atoms with van der Waals surface area (Å²) in [6.07, 6.45) is -4.78. The monoisotopic (exact) mass is 530 g/mol. The Morgan fingerprint density at radius 2 is 1.73 bits per heavy atom. The molecule has 0 bridgehead atoms. The van der Waals surface area contributed by atoms with Gasteiger partial charge in [0.1, 0.15) is 6.04 Å². The number of nitrogens with one attached hydrogen (secondary N) is 3. The van der Waals surface area contributed by atoms with E-state index in [2.05, 4.69) is 16.0 Å². The molecule has 0 radical (unpaired) electrons. The van der Waals surface area contributed by atoms with E-state index in [1.807, 2.05) is 0 Å². The smallest absolute Gasteiger partial charge is 0.481 e. The number of halogens is 3. The number of amides is 5. The van der Waals surface area contributed by atoms with Gasteiger partial charge < -0.3 is 20.8 Å². The van der Waals surface area contributed by atoms with E-state index >= 15 is 0 Å². The minimum absolute atomic E-state index is 0.0248. The summed E-state index contributed by atoms with van der Waals surface area (Å²) in [5, 5.41) is 23.2. The summed E-state index contributed by atoms with van der Waals surface area (Å²) in [4.78, 5) is 81.3. The standard InChI is InChI=1S/C19H20N4O7.C2HF3O2/c24-13-7-6-12(17(28)22-13)23-18(29)10-3-1-4-11(16(10)19(23)30)21-9-14(25)20-8-2-5-15(26)27;3-2(4,5)1(6)7/h1,3-4,12,21H,2,5-9H2,(H,20,25)(H,26,27)(H,22,24,28);(H,6,7). The Labute approximate surface area is 206 Å². The number of piperidine rings is 1. The number of carbonyl (C=O) groups is 7. The van der Waals surface area contributed by atoms with Gasteiger partial charge in [0.15, 0.2) is 0 Å². The Bertz CT molecular complexity index is 1140. The lowest BCUT2D eigenvalue weighted by molar-refractivity contribution is -0.192. The molecule has 0 aliphatic carbocycles. The lowest BCUT2D eigenvalue weighted by Gasteiger charge is -2.27. The molecule has 2 aliphatic rings. The second kappa shape index (κ2) is 12.0. The zero-order valence-electron chi connectivity index (χ0n) is 18.9. The van der Waals surface area contributed by atoms with Crippen LogP contribution in [0.1, 0.15) is 46.4 Å². The zero-order valence-corrected chi connectivity index (χ0v) is 18.9. The van der Waals surface area contributed by atoms with E-state index < -0.39 is 53.7 Å². The molecule has 1 fully saturated rings. The maximum atomic E-state index is 12.9. The fourth-order valence-electron chi connectivity index (χ4n) is 3.37. The lowest BCUT2D eigenvalue weighted by atomic mass is 10.0. The number of aliphatic carboxylic acids is 2. The summed E-state index contributed by atoms with van der Waals surface area (Å²) < 4.78 is 31.7. The molecule has 1 atom stereocenters. The van der Waals surface area contributed by atoms with Crippen LogP contribution in [0.3, 0.4) is 0 Å². The molecule has 37 heavy (non-hydrogen) atoms. The van der Waals surface area contributed by atoms with E-state index in [4.69, 9.17) is 15.0 Å². The molecule has 1 aromatic carbocycles. The molecule has 13 nitrogen and oxygen atoms in total. The minimum atomic E-state index is -5.08. The highest BCUT2D eigenvalue weighted by Gasteiger charge is 2.45. The van der Waals surface area contributed by atoms with Gasteiger partial charge in [0, 0.05) is 25.1 Å².